The highest BCUT2D eigenvalue weighted by molar-refractivity contribution is 5.43. The van der Waals surface area contributed by atoms with Crippen LogP contribution < -0.4 is 9.47 Å². The lowest BCUT2D eigenvalue weighted by Gasteiger charge is -2.42. The normalized spacial score (nSPS) is 24.9. The monoisotopic (exact) mass is 314 g/mol. The number of fused-ring (bicyclic) bond motifs is 1. The molecule has 2 fully saturated rings. The van der Waals surface area contributed by atoms with Crippen LogP contribution in [0.4, 0.5) is 0 Å². The van der Waals surface area contributed by atoms with Crippen LogP contribution in [-0.4, -0.2) is 55.2 Å². The Bertz CT molecular complexity index is 581. The molecule has 0 saturated carbocycles. The third kappa shape index (κ3) is 3.63. The second-order valence-corrected chi connectivity index (χ2v) is 6.55. The minimum Gasteiger partial charge on any atom is -0.493 e. The Morgan fingerprint density at radius 3 is 2.96 bits per heavy atom. The number of hydrogen-bond acceptors (Lipinski definition) is 4. The molecule has 1 unspecified atom stereocenters. The molecule has 124 valence electrons. The maximum Gasteiger partial charge on any atom is 0.162 e. The Balaban J connectivity index is 1.68. The SMILES string of the molecule is C#CCOc1ccc(CN2CC3CCCN3C[C@@H]2C)cc1OC. The molecular formula is C19H26N2O2. The summed E-state index contributed by atoms with van der Waals surface area (Å²) in [5, 5.41) is 0. The van der Waals surface area contributed by atoms with E-state index in [1.165, 1.54) is 38.0 Å². The fourth-order valence-corrected chi connectivity index (χ4v) is 3.75. The van der Waals surface area contributed by atoms with Crippen LogP contribution in [0.3, 0.4) is 0 Å². The molecule has 0 spiro atoms. The molecule has 3 rings (SSSR count). The van der Waals surface area contributed by atoms with Gasteiger partial charge < -0.3 is 9.47 Å². The van der Waals surface area contributed by atoms with Crippen molar-refractivity contribution in [2.24, 2.45) is 0 Å². The van der Waals surface area contributed by atoms with Crippen molar-refractivity contribution in [1.82, 2.24) is 9.80 Å². The summed E-state index contributed by atoms with van der Waals surface area (Å²) in [6.45, 7) is 7.17. The maximum absolute atomic E-state index is 5.52. The third-order valence-corrected chi connectivity index (χ3v) is 4.99. The van der Waals surface area contributed by atoms with Crippen LogP contribution in [0.1, 0.15) is 25.3 Å². The number of benzene rings is 1. The van der Waals surface area contributed by atoms with Gasteiger partial charge in [0.25, 0.3) is 0 Å². The van der Waals surface area contributed by atoms with Crippen LogP contribution in [0.15, 0.2) is 18.2 Å². The standard InChI is InChI=1S/C19H26N2O2/c1-4-10-23-18-8-7-16(11-19(18)22-3)13-21-14-17-6-5-9-20(17)12-15(21)2/h1,7-8,11,15,17H,5-6,9-10,12-14H2,2-3H3/t15-,17?/m0/s1. The van der Waals surface area contributed by atoms with Gasteiger partial charge in [0.2, 0.25) is 0 Å². The van der Waals surface area contributed by atoms with Gasteiger partial charge in [0.05, 0.1) is 7.11 Å². The number of ether oxygens (including phenoxy) is 2. The average Bonchev–Trinajstić information content (AvgIpc) is 3.00. The van der Waals surface area contributed by atoms with E-state index in [0.29, 0.717) is 11.8 Å². The van der Waals surface area contributed by atoms with Gasteiger partial charge in [-0.1, -0.05) is 12.0 Å². The number of hydrogen-bond donors (Lipinski definition) is 0. The first kappa shape index (κ1) is 16.2. The maximum atomic E-state index is 5.52. The third-order valence-electron chi connectivity index (χ3n) is 4.99. The van der Waals surface area contributed by atoms with E-state index in [1.807, 2.05) is 6.07 Å². The average molecular weight is 314 g/mol. The smallest absolute Gasteiger partial charge is 0.162 e. The molecule has 0 bridgehead atoms. The Morgan fingerprint density at radius 2 is 2.17 bits per heavy atom. The predicted molar refractivity (Wildman–Crippen MR) is 91.8 cm³/mol. The van der Waals surface area contributed by atoms with Crippen molar-refractivity contribution >= 4 is 0 Å². The van der Waals surface area contributed by atoms with Crippen molar-refractivity contribution in [3.8, 4) is 23.8 Å². The van der Waals surface area contributed by atoms with Gasteiger partial charge in [-0.25, -0.2) is 0 Å². The molecule has 4 heteroatoms. The second-order valence-electron chi connectivity index (χ2n) is 6.55. The van der Waals surface area contributed by atoms with E-state index in [-0.39, 0.29) is 6.61 Å². The van der Waals surface area contributed by atoms with Crippen LogP contribution in [-0.2, 0) is 6.54 Å². The van der Waals surface area contributed by atoms with Crippen LogP contribution in [0.2, 0.25) is 0 Å². The van der Waals surface area contributed by atoms with Gasteiger partial charge in [-0.15, -0.1) is 6.42 Å². The van der Waals surface area contributed by atoms with E-state index in [0.717, 1.165) is 18.3 Å². The first-order chi connectivity index (χ1) is 11.2. The first-order valence-electron chi connectivity index (χ1n) is 8.42. The zero-order valence-electron chi connectivity index (χ0n) is 14.1. The number of rotatable bonds is 5. The molecule has 2 aliphatic rings. The summed E-state index contributed by atoms with van der Waals surface area (Å²) in [6.07, 6.45) is 7.94. The Hall–Kier alpha value is -1.70. The van der Waals surface area contributed by atoms with Gasteiger partial charge in [-0.3, -0.25) is 9.80 Å². The fourth-order valence-electron chi connectivity index (χ4n) is 3.75. The molecule has 0 radical (unpaired) electrons. The highest BCUT2D eigenvalue weighted by Gasteiger charge is 2.34. The van der Waals surface area contributed by atoms with Crippen molar-refractivity contribution < 1.29 is 9.47 Å². The van der Waals surface area contributed by atoms with E-state index in [1.54, 1.807) is 7.11 Å². The van der Waals surface area contributed by atoms with Crippen molar-refractivity contribution in [3.63, 3.8) is 0 Å². The fraction of sp³-hybridized carbons (Fsp3) is 0.579. The van der Waals surface area contributed by atoms with Crippen molar-refractivity contribution in [2.75, 3.05) is 33.4 Å². The van der Waals surface area contributed by atoms with E-state index < -0.39 is 0 Å². The van der Waals surface area contributed by atoms with Crippen LogP contribution >= 0.6 is 0 Å². The zero-order chi connectivity index (χ0) is 16.2. The van der Waals surface area contributed by atoms with E-state index in [4.69, 9.17) is 15.9 Å². The molecule has 1 aromatic carbocycles. The number of nitrogens with zero attached hydrogens (tertiary/aromatic N) is 2. The molecule has 2 atom stereocenters. The molecular weight excluding hydrogens is 288 g/mol. The molecule has 0 N–H and O–H groups in total. The molecule has 1 aromatic rings. The molecule has 2 heterocycles. The predicted octanol–water partition coefficient (Wildman–Crippen LogP) is 2.38. The van der Waals surface area contributed by atoms with Crippen LogP contribution in [0.25, 0.3) is 0 Å². The summed E-state index contributed by atoms with van der Waals surface area (Å²) in [6, 6.07) is 7.48. The summed E-state index contributed by atoms with van der Waals surface area (Å²) in [7, 11) is 1.67. The quantitative estimate of drug-likeness (QED) is 0.779. The summed E-state index contributed by atoms with van der Waals surface area (Å²) >= 11 is 0. The molecule has 2 aliphatic heterocycles. The molecule has 0 amide bonds. The van der Waals surface area contributed by atoms with Gasteiger partial charge in [-0.2, -0.15) is 0 Å². The highest BCUT2D eigenvalue weighted by Crippen LogP contribution is 2.30. The van der Waals surface area contributed by atoms with Crippen LogP contribution in [0.5, 0.6) is 11.5 Å². The lowest BCUT2D eigenvalue weighted by atomic mass is 10.1. The summed E-state index contributed by atoms with van der Waals surface area (Å²) in [5.41, 5.74) is 1.26. The minimum absolute atomic E-state index is 0.260. The van der Waals surface area contributed by atoms with Crippen molar-refractivity contribution in [3.05, 3.63) is 23.8 Å². The summed E-state index contributed by atoms with van der Waals surface area (Å²) in [5.74, 6) is 3.95. The molecule has 4 nitrogen and oxygen atoms in total. The molecule has 0 aromatic heterocycles. The second kappa shape index (κ2) is 7.25. The first-order valence-corrected chi connectivity index (χ1v) is 8.42. The Labute approximate surface area is 139 Å². The largest absolute Gasteiger partial charge is 0.493 e. The van der Waals surface area contributed by atoms with Gasteiger partial charge >= 0.3 is 0 Å². The van der Waals surface area contributed by atoms with E-state index in [9.17, 15) is 0 Å². The number of methoxy groups -OCH3 is 1. The van der Waals surface area contributed by atoms with E-state index in [2.05, 4.69) is 34.8 Å². The van der Waals surface area contributed by atoms with Crippen molar-refractivity contribution in [2.45, 2.75) is 38.4 Å². The van der Waals surface area contributed by atoms with Crippen molar-refractivity contribution in [1.29, 1.82) is 0 Å². The topological polar surface area (TPSA) is 24.9 Å². The van der Waals surface area contributed by atoms with Gasteiger partial charge in [-0.05, 0) is 44.0 Å². The lowest BCUT2D eigenvalue weighted by Crippen LogP contribution is -2.54. The van der Waals surface area contributed by atoms with E-state index >= 15 is 0 Å². The minimum atomic E-state index is 0.260. The van der Waals surface area contributed by atoms with Gasteiger partial charge in [0.15, 0.2) is 11.5 Å². The molecule has 0 aliphatic carbocycles. The van der Waals surface area contributed by atoms with Gasteiger partial charge in [0.1, 0.15) is 6.61 Å². The number of piperazine rings is 1. The Kier molecular flexibility index (Phi) is 5.09. The lowest BCUT2D eigenvalue weighted by molar-refractivity contribution is 0.0540. The Morgan fingerprint density at radius 1 is 1.30 bits per heavy atom. The summed E-state index contributed by atoms with van der Waals surface area (Å²) < 4.78 is 11.0. The molecule has 23 heavy (non-hydrogen) atoms. The van der Waals surface area contributed by atoms with Crippen LogP contribution in [0, 0.1) is 12.3 Å². The highest BCUT2D eigenvalue weighted by atomic mass is 16.5. The summed E-state index contributed by atoms with van der Waals surface area (Å²) in [4.78, 5) is 5.24. The zero-order valence-corrected chi connectivity index (χ0v) is 14.1. The van der Waals surface area contributed by atoms with Gasteiger partial charge in [0, 0.05) is 31.7 Å². The molecule has 2 saturated heterocycles. The number of terminal acetylenes is 1.